The molecule has 0 fully saturated rings. The van der Waals surface area contributed by atoms with Crippen molar-refractivity contribution in [3.8, 4) is 17.6 Å². The summed E-state index contributed by atoms with van der Waals surface area (Å²) in [6, 6.07) is 6.68. The molecule has 0 aliphatic heterocycles. The molecule has 1 aromatic heterocycles. The number of nitrogens with one attached hydrogen (secondary N) is 1. The minimum absolute atomic E-state index is 0.261. The highest BCUT2D eigenvalue weighted by molar-refractivity contribution is 7.17. The van der Waals surface area contributed by atoms with Crippen LogP contribution in [-0.2, 0) is 17.6 Å². The van der Waals surface area contributed by atoms with Crippen LogP contribution in [0.1, 0.15) is 32.8 Å². The van der Waals surface area contributed by atoms with Crippen LogP contribution in [0.5, 0.6) is 11.5 Å². The summed E-state index contributed by atoms with van der Waals surface area (Å²) < 4.78 is 10.6. The van der Waals surface area contributed by atoms with Crippen LogP contribution < -0.4 is 20.5 Å². The average molecular weight is 371 g/mol. The summed E-state index contributed by atoms with van der Waals surface area (Å²) in [6.07, 6.45) is 2.70. The van der Waals surface area contributed by atoms with Gasteiger partial charge in [-0.15, -0.1) is 11.3 Å². The SMILES string of the molecule is COc1cc(C#N)ccc1OCC(=O)Nc1sc2c(c1C(N)=O)CCC2. The van der Waals surface area contributed by atoms with Gasteiger partial charge >= 0.3 is 0 Å². The molecule has 0 saturated carbocycles. The topological polar surface area (TPSA) is 114 Å². The molecule has 0 bridgehead atoms. The number of hydrogen-bond acceptors (Lipinski definition) is 6. The lowest BCUT2D eigenvalue weighted by molar-refractivity contribution is -0.118. The normalized spacial score (nSPS) is 12.2. The molecule has 2 amide bonds. The fraction of sp³-hybridized carbons (Fsp3) is 0.278. The summed E-state index contributed by atoms with van der Waals surface area (Å²) in [5.74, 6) is -0.219. The number of hydrogen-bond donors (Lipinski definition) is 2. The minimum atomic E-state index is -0.533. The summed E-state index contributed by atoms with van der Waals surface area (Å²) in [6.45, 7) is -0.261. The molecule has 1 heterocycles. The number of methoxy groups -OCH3 is 1. The van der Waals surface area contributed by atoms with Gasteiger partial charge in [0.2, 0.25) is 0 Å². The number of rotatable bonds is 6. The number of nitrogens with two attached hydrogens (primary N) is 1. The fourth-order valence-corrected chi connectivity index (χ4v) is 4.23. The maximum Gasteiger partial charge on any atom is 0.262 e. The van der Waals surface area contributed by atoms with Gasteiger partial charge in [0.05, 0.1) is 24.3 Å². The molecule has 1 aliphatic carbocycles. The molecule has 2 aromatic rings. The third kappa shape index (κ3) is 3.48. The fourth-order valence-electron chi connectivity index (χ4n) is 2.92. The van der Waals surface area contributed by atoms with Crippen molar-refractivity contribution >= 4 is 28.2 Å². The van der Waals surface area contributed by atoms with Gasteiger partial charge < -0.3 is 20.5 Å². The van der Waals surface area contributed by atoms with Gasteiger partial charge in [-0.25, -0.2) is 0 Å². The Labute approximate surface area is 154 Å². The lowest BCUT2D eigenvalue weighted by Crippen LogP contribution is -2.22. The smallest absolute Gasteiger partial charge is 0.262 e. The van der Waals surface area contributed by atoms with Gasteiger partial charge in [-0.05, 0) is 37.0 Å². The summed E-state index contributed by atoms with van der Waals surface area (Å²) in [7, 11) is 1.45. The van der Waals surface area contributed by atoms with E-state index in [1.165, 1.54) is 24.5 Å². The predicted molar refractivity (Wildman–Crippen MR) is 96.7 cm³/mol. The Bertz CT molecular complexity index is 914. The van der Waals surface area contributed by atoms with E-state index in [0.717, 1.165) is 29.7 Å². The summed E-state index contributed by atoms with van der Waals surface area (Å²) >= 11 is 1.39. The number of nitriles is 1. The summed E-state index contributed by atoms with van der Waals surface area (Å²) in [4.78, 5) is 25.1. The van der Waals surface area contributed by atoms with Crippen molar-refractivity contribution in [2.75, 3.05) is 19.0 Å². The summed E-state index contributed by atoms with van der Waals surface area (Å²) in [5, 5.41) is 12.1. The molecule has 26 heavy (non-hydrogen) atoms. The van der Waals surface area contributed by atoms with Crippen LogP contribution in [0.2, 0.25) is 0 Å². The van der Waals surface area contributed by atoms with Crippen LogP contribution in [0.25, 0.3) is 0 Å². The molecule has 3 N–H and O–H groups in total. The number of primary amides is 1. The van der Waals surface area contributed by atoms with Crippen LogP contribution in [-0.4, -0.2) is 25.5 Å². The first-order valence-electron chi connectivity index (χ1n) is 7.98. The Morgan fingerprint density at radius 2 is 2.15 bits per heavy atom. The number of carbonyl (C=O) groups is 2. The molecule has 8 heteroatoms. The van der Waals surface area contributed by atoms with E-state index in [0.29, 0.717) is 27.6 Å². The third-order valence-corrected chi connectivity index (χ3v) is 5.28. The highest BCUT2D eigenvalue weighted by atomic mass is 32.1. The second-order valence-electron chi connectivity index (χ2n) is 5.74. The molecular formula is C18H17N3O4S. The Kier molecular flexibility index (Phi) is 5.09. The maximum absolute atomic E-state index is 12.2. The molecule has 0 atom stereocenters. The molecule has 134 valence electrons. The van der Waals surface area contributed by atoms with Gasteiger partial charge in [-0.1, -0.05) is 0 Å². The van der Waals surface area contributed by atoms with Gasteiger partial charge in [0, 0.05) is 10.9 Å². The zero-order valence-electron chi connectivity index (χ0n) is 14.1. The van der Waals surface area contributed by atoms with Gasteiger partial charge in [0.15, 0.2) is 18.1 Å². The van der Waals surface area contributed by atoms with E-state index in [-0.39, 0.29) is 6.61 Å². The first-order chi connectivity index (χ1) is 12.5. The van der Waals surface area contributed by atoms with E-state index >= 15 is 0 Å². The van der Waals surface area contributed by atoms with E-state index in [2.05, 4.69) is 5.32 Å². The minimum Gasteiger partial charge on any atom is -0.493 e. The van der Waals surface area contributed by atoms with Crippen molar-refractivity contribution in [2.24, 2.45) is 5.73 Å². The maximum atomic E-state index is 12.2. The van der Waals surface area contributed by atoms with Crippen LogP contribution in [0.4, 0.5) is 5.00 Å². The van der Waals surface area contributed by atoms with E-state index in [4.69, 9.17) is 20.5 Å². The van der Waals surface area contributed by atoms with Crippen molar-refractivity contribution in [1.29, 1.82) is 5.26 Å². The number of aryl methyl sites for hydroxylation is 1. The average Bonchev–Trinajstić information content (AvgIpc) is 3.19. The van der Waals surface area contributed by atoms with Gasteiger partial charge in [-0.2, -0.15) is 5.26 Å². The quantitative estimate of drug-likeness (QED) is 0.808. The molecule has 1 aromatic carbocycles. The largest absolute Gasteiger partial charge is 0.493 e. The van der Waals surface area contributed by atoms with Crippen molar-refractivity contribution in [1.82, 2.24) is 0 Å². The molecule has 0 spiro atoms. The first kappa shape index (κ1) is 17.8. The molecule has 0 unspecified atom stereocenters. The number of ether oxygens (including phenoxy) is 2. The zero-order valence-corrected chi connectivity index (χ0v) is 14.9. The second kappa shape index (κ2) is 7.45. The van der Waals surface area contributed by atoms with Crippen molar-refractivity contribution in [3.05, 3.63) is 39.8 Å². The van der Waals surface area contributed by atoms with Crippen molar-refractivity contribution < 1.29 is 19.1 Å². The van der Waals surface area contributed by atoms with E-state index in [1.54, 1.807) is 12.1 Å². The molecule has 7 nitrogen and oxygen atoms in total. The van der Waals surface area contributed by atoms with E-state index in [1.807, 2.05) is 6.07 Å². The number of thiophene rings is 1. The second-order valence-corrected chi connectivity index (χ2v) is 6.85. The van der Waals surface area contributed by atoms with Gasteiger partial charge in [0.25, 0.3) is 11.8 Å². The van der Waals surface area contributed by atoms with Crippen LogP contribution >= 0.6 is 11.3 Å². The van der Waals surface area contributed by atoms with Crippen LogP contribution in [0, 0.1) is 11.3 Å². The van der Waals surface area contributed by atoms with Crippen molar-refractivity contribution in [2.45, 2.75) is 19.3 Å². The lowest BCUT2D eigenvalue weighted by atomic mass is 10.1. The molecule has 0 radical (unpaired) electrons. The Morgan fingerprint density at radius 1 is 1.35 bits per heavy atom. The molecule has 1 aliphatic rings. The molecular weight excluding hydrogens is 354 g/mol. The van der Waals surface area contributed by atoms with Gasteiger partial charge in [-0.3, -0.25) is 9.59 Å². The van der Waals surface area contributed by atoms with E-state index in [9.17, 15) is 9.59 Å². The molecule has 0 saturated heterocycles. The van der Waals surface area contributed by atoms with E-state index < -0.39 is 11.8 Å². The number of anilines is 1. The number of fused-ring (bicyclic) bond motifs is 1. The first-order valence-corrected chi connectivity index (χ1v) is 8.80. The highest BCUT2D eigenvalue weighted by Gasteiger charge is 2.26. The highest BCUT2D eigenvalue weighted by Crippen LogP contribution is 2.38. The Morgan fingerprint density at radius 3 is 2.85 bits per heavy atom. The number of carbonyl (C=O) groups excluding carboxylic acids is 2. The predicted octanol–water partition coefficient (Wildman–Crippen LogP) is 2.23. The van der Waals surface area contributed by atoms with Crippen LogP contribution in [0.15, 0.2) is 18.2 Å². The standard InChI is InChI=1S/C18H17N3O4S/c1-24-13-7-10(8-19)5-6-12(13)25-9-15(22)21-18-16(17(20)23)11-3-2-4-14(11)26-18/h5-7H,2-4,9H2,1H3,(H2,20,23)(H,21,22). The molecule has 3 rings (SSSR count). The van der Waals surface area contributed by atoms with Crippen molar-refractivity contribution in [3.63, 3.8) is 0 Å². The number of nitrogens with zero attached hydrogens (tertiary/aromatic N) is 1. The summed E-state index contributed by atoms with van der Waals surface area (Å²) in [5.41, 5.74) is 7.27. The zero-order chi connectivity index (χ0) is 18.7. The monoisotopic (exact) mass is 371 g/mol. The Balaban J connectivity index is 1.69. The number of benzene rings is 1. The third-order valence-electron chi connectivity index (χ3n) is 4.07. The lowest BCUT2D eigenvalue weighted by Gasteiger charge is -2.11. The Hall–Kier alpha value is -3.05. The van der Waals surface area contributed by atoms with Crippen LogP contribution in [0.3, 0.4) is 0 Å². The van der Waals surface area contributed by atoms with Gasteiger partial charge in [0.1, 0.15) is 5.00 Å². The number of amides is 2.